The second-order valence-corrected chi connectivity index (χ2v) is 11.8. The zero-order valence-corrected chi connectivity index (χ0v) is 23.6. The maximum atomic E-state index is 13.7. The van der Waals surface area contributed by atoms with Crippen LogP contribution in [-0.4, -0.2) is 46.7 Å². The summed E-state index contributed by atoms with van der Waals surface area (Å²) in [5.41, 5.74) is -2.31. The average Bonchev–Trinajstić information content (AvgIpc) is 2.73. The van der Waals surface area contributed by atoms with E-state index in [-0.39, 0.29) is 33.9 Å². The van der Waals surface area contributed by atoms with Crippen molar-refractivity contribution in [2.75, 3.05) is 0 Å². The zero-order valence-electron chi connectivity index (χ0n) is 23.6. The molecule has 39 heavy (non-hydrogen) atoms. The molecule has 0 aliphatic heterocycles. The highest BCUT2D eigenvalue weighted by Gasteiger charge is 2.37. The Labute approximate surface area is 227 Å². The van der Waals surface area contributed by atoms with Gasteiger partial charge in [0.25, 0.3) is 0 Å². The molecule has 0 unspecified atom stereocenters. The molecule has 3 rings (SSSR count). The molecule has 0 saturated heterocycles. The normalized spacial score (nSPS) is 14.2. The quantitative estimate of drug-likeness (QED) is 0.200. The lowest BCUT2D eigenvalue weighted by Gasteiger charge is -2.26. The molecule has 0 bridgehead atoms. The first-order chi connectivity index (χ1) is 17.8. The Morgan fingerprint density at radius 1 is 0.615 bits per heavy atom. The van der Waals surface area contributed by atoms with Crippen LogP contribution in [0.4, 0.5) is 14.4 Å². The number of ether oxygens (including phenoxy) is 5. The molecule has 0 saturated carbocycles. The number of benzene rings is 2. The number of rotatable bonds is 2. The van der Waals surface area contributed by atoms with Crippen LogP contribution in [0.15, 0.2) is 41.4 Å². The van der Waals surface area contributed by atoms with Gasteiger partial charge in [-0.2, -0.15) is 4.99 Å². The topological polar surface area (TPSA) is 127 Å². The molecule has 208 valence electrons. The van der Waals surface area contributed by atoms with Gasteiger partial charge in [-0.25, -0.2) is 14.4 Å². The maximum Gasteiger partial charge on any atom is 0.514 e. The molecule has 0 radical (unpaired) electrons. The summed E-state index contributed by atoms with van der Waals surface area (Å²) in [6.07, 6.45) is -3.04. The third-order valence-electron chi connectivity index (χ3n) is 4.78. The maximum absolute atomic E-state index is 13.7. The molecular formula is C29H33NO9. The van der Waals surface area contributed by atoms with Crippen LogP contribution in [0.3, 0.4) is 0 Å². The van der Waals surface area contributed by atoms with Crippen molar-refractivity contribution in [1.29, 1.82) is 0 Å². The number of aliphatic imine (C=N–C) groups is 1. The van der Waals surface area contributed by atoms with Crippen LogP contribution >= 0.6 is 0 Å². The van der Waals surface area contributed by atoms with E-state index in [1.54, 1.807) is 86.6 Å². The van der Waals surface area contributed by atoms with Gasteiger partial charge in [-0.05, 0) is 74.4 Å². The van der Waals surface area contributed by atoms with Crippen LogP contribution in [0, 0.1) is 0 Å². The monoisotopic (exact) mass is 539 g/mol. The minimum Gasteiger partial charge on any atom is -0.442 e. The fourth-order valence-corrected chi connectivity index (χ4v) is 3.57. The molecule has 10 nitrogen and oxygen atoms in total. The Hall–Kier alpha value is -4.21. The van der Waals surface area contributed by atoms with Gasteiger partial charge >= 0.3 is 18.4 Å². The van der Waals surface area contributed by atoms with Crippen LogP contribution in [-0.2, 0) is 14.2 Å². The Bertz CT molecular complexity index is 1350. The van der Waals surface area contributed by atoms with Crippen molar-refractivity contribution >= 4 is 29.9 Å². The fraction of sp³-hybridized carbons (Fsp3) is 0.414. The highest BCUT2D eigenvalue weighted by molar-refractivity contribution is 6.33. The SMILES string of the molecule is CC(C)(C)OC(=O)/N=C1\c2ccccc2C(=O)c2c(OC(=O)OC(C)(C)C)ccc(OC(=O)OC(C)(C)C)c21. The van der Waals surface area contributed by atoms with Crippen LogP contribution in [0.2, 0.25) is 0 Å². The fourth-order valence-electron chi connectivity index (χ4n) is 3.57. The van der Waals surface area contributed by atoms with Crippen LogP contribution < -0.4 is 9.47 Å². The summed E-state index contributed by atoms with van der Waals surface area (Å²) >= 11 is 0. The van der Waals surface area contributed by atoms with E-state index in [2.05, 4.69) is 4.99 Å². The Morgan fingerprint density at radius 3 is 1.51 bits per heavy atom. The Balaban J connectivity index is 2.26. The van der Waals surface area contributed by atoms with Crippen molar-refractivity contribution in [3.05, 3.63) is 58.7 Å². The second kappa shape index (κ2) is 10.5. The minimum absolute atomic E-state index is 0.0114. The summed E-state index contributed by atoms with van der Waals surface area (Å²) in [4.78, 5) is 55.9. The molecule has 0 heterocycles. The molecule has 0 N–H and O–H groups in total. The number of hydrogen-bond donors (Lipinski definition) is 0. The highest BCUT2D eigenvalue weighted by Crippen LogP contribution is 2.40. The lowest BCUT2D eigenvalue weighted by Crippen LogP contribution is -2.30. The number of ketones is 1. The van der Waals surface area contributed by atoms with Gasteiger partial charge in [0.15, 0.2) is 5.78 Å². The first-order valence-corrected chi connectivity index (χ1v) is 12.3. The Kier molecular flexibility index (Phi) is 7.91. The smallest absolute Gasteiger partial charge is 0.442 e. The van der Waals surface area contributed by atoms with Gasteiger partial charge in [0.2, 0.25) is 0 Å². The molecular weight excluding hydrogens is 506 g/mol. The van der Waals surface area contributed by atoms with Crippen molar-refractivity contribution in [3.8, 4) is 11.5 Å². The van der Waals surface area contributed by atoms with Crippen molar-refractivity contribution in [1.82, 2.24) is 0 Å². The van der Waals surface area contributed by atoms with Gasteiger partial charge in [-0.1, -0.05) is 24.3 Å². The van der Waals surface area contributed by atoms with Crippen molar-refractivity contribution in [2.45, 2.75) is 79.1 Å². The summed E-state index contributed by atoms with van der Waals surface area (Å²) < 4.78 is 26.8. The van der Waals surface area contributed by atoms with Crippen LogP contribution in [0.25, 0.3) is 0 Å². The average molecular weight is 540 g/mol. The number of hydrogen-bond acceptors (Lipinski definition) is 9. The van der Waals surface area contributed by atoms with Gasteiger partial charge in [0.05, 0.1) is 16.8 Å². The third-order valence-corrected chi connectivity index (χ3v) is 4.78. The molecule has 0 fully saturated rings. The largest absolute Gasteiger partial charge is 0.514 e. The predicted molar refractivity (Wildman–Crippen MR) is 142 cm³/mol. The van der Waals surface area contributed by atoms with Crippen molar-refractivity contribution in [2.24, 2.45) is 4.99 Å². The highest BCUT2D eigenvalue weighted by atomic mass is 16.7. The summed E-state index contributed by atoms with van der Waals surface area (Å²) in [5, 5.41) is 0. The summed E-state index contributed by atoms with van der Waals surface area (Å²) in [6, 6.07) is 9.05. The van der Waals surface area contributed by atoms with Gasteiger partial charge in [0, 0.05) is 11.1 Å². The van der Waals surface area contributed by atoms with Crippen LogP contribution in [0.1, 0.15) is 89.4 Å². The molecule has 2 aromatic rings. The van der Waals surface area contributed by atoms with E-state index in [4.69, 9.17) is 23.7 Å². The summed E-state index contributed by atoms with van der Waals surface area (Å²) in [7, 11) is 0. The van der Waals surface area contributed by atoms with Gasteiger partial charge in [0.1, 0.15) is 28.3 Å². The first-order valence-electron chi connectivity index (χ1n) is 12.3. The Morgan fingerprint density at radius 2 is 1.05 bits per heavy atom. The summed E-state index contributed by atoms with van der Waals surface area (Å²) in [5.74, 6) is -0.856. The van der Waals surface area contributed by atoms with E-state index < -0.39 is 41.0 Å². The van der Waals surface area contributed by atoms with E-state index in [1.807, 2.05) is 0 Å². The molecule has 1 amide bonds. The van der Waals surface area contributed by atoms with Gasteiger partial charge in [-0.15, -0.1) is 0 Å². The number of amides is 1. The zero-order chi connectivity index (χ0) is 29.3. The first kappa shape index (κ1) is 29.3. The summed E-state index contributed by atoms with van der Waals surface area (Å²) in [6.45, 7) is 15.0. The van der Waals surface area contributed by atoms with E-state index in [1.165, 1.54) is 12.1 Å². The standard InChI is InChI=1S/C29H33NO9/c1-27(2,3)37-24(32)30-22-16-12-10-11-13-17(16)23(31)21-19(36-26(34)39-29(7,8)9)15-14-18(20(21)22)35-25(33)38-28(4,5)6/h10-15H,1-9H3/b30-22+. The lowest BCUT2D eigenvalue weighted by molar-refractivity contribution is 0.0184. The minimum atomic E-state index is -1.05. The van der Waals surface area contributed by atoms with Gasteiger partial charge < -0.3 is 23.7 Å². The molecule has 2 aromatic carbocycles. The number of nitrogens with zero attached hydrogens (tertiary/aromatic N) is 1. The molecule has 0 atom stereocenters. The molecule has 10 heteroatoms. The van der Waals surface area contributed by atoms with E-state index >= 15 is 0 Å². The lowest BCUT2D eigenvalue weighted by atomic mass is 9.82. The molecule has 0 aromatic heterocycles. The van der Waals surface area contributed by atoms with Crippen molar-refractivity contribution < 1.29 is 42.9 Å². The van der Waals surface area contributed by atoms with Crippen LogP contribution in [0.5, 0.6) is 11.5 Å². The number of carbonyl (C=O) groups is 4. The second-order valence-electron chi connectivity index (χ2n) is 11.8. The van der Waals surface area contributed by atoms with E-state index in [0.29, 0.717) is 5.56 Å². The predicted octanol–water partition coefficient (Wildman–Crippen LogP) is 6.63. The molecule has 0 spiro atoms. The molecule has 1 aliphatic rings. The van der Waals surface area contributed by atoms with E-state index in [0.717, 1.165) is 0 Å². The third kappa shape index (κ3) is 7.66. The number of carbonyl (C=O) groups excluding carboxylic acids is 4. The van der Waals surface area contributed by atoms with Crippen molar-refractivity contribution in [3.63, 3.8) is 0 Å². The molecule has 1 aliphatic carbocycles. The van der Waals surface area contributed by atoms with E-state index in [9.17, 15) is 19.2 Å². The number of fused-ring (bicyclic) bond motifs is 2. The van der Waals surface area contributed by atoms with Gasteiger partial charge in [-0.3, -0.25) is 4.79 Å².